The lowest BCUT2D eigenvalue weighted by Gasteiger charge is -2.37. The highest BCUT2D eigenvalue weighted by Crippen LogP contribution is 2.33. The lowest BCUT2D eigenvalue weighted by Crippen LogP contribution is -2.55. The van der Waals surface area contributed by atoms with Gasteiger partial charge < -0.3 is 14.5 Å². The van der Waals surface area contributed by atoms with Gasteiger partial charge in [0.25, 0.3) is 5.91 Å². The van der Waals surface area contributed by atoms with E-state index in [0.29, 0.717) is 32.6 Å². The Bertz CT molecular complexity index is 1350. The fraction of sp³-hybridized carbons (Fsp3) is 0.321. The molecule has 3 aromatic carbocycles. The first-order valence-corrected chi connectivity index (χ1v) is 12.7. The summed E-state index contributed by atoms with van der Waals surface area (Å²) in [7, 11) is 1.67. The van der Waals surface area contributed by atoms with Gasteiger partial charge in [-0.05, 0) is 34.9 Å². The lowest BCUT2D eigenvalue weighted by atomic mass is 9.96. The van der Waals surface area contributed by atoms with E-state index in [1.807, 2.05) is 47.4 Å². The Morgan fingerprint density at radius 3 is 2.59 bits per heavy atom. The SMILES string of the molecule is COc1ccccc1N1CCN(C(=O)CN2N=CN3NC(c4cccc5ccccc45)CC3C2=O)CC1. The molecule has 0 aromatic heterocycles. The second kappa shape index (κ2) is 9.74. The Morgan fingerprint density at radius 1 is 1.00 bits per heavy atom. The highest BCUT2D eigenvalue weighted by atomic mass is 16.5. The molecule has 2 amide bonds. The van der Waals surface area contributed by atoms with E-state index in [4.69, 9.17) is 4.74 Å². The van der Waals surface area contributed by atoms with Gasteiger partial charge in [0, 0.05) is 26.2 Å². The number of amides is 2. The largest absolute Gasteiger partial charge is 0.495 e. The van der Waals surface area contributed by atoms with E-state index in [1.165, 1.54) is 15.8 Å². The van der Waals surface area contributed by atoms with Gasteiger partial charge in [0.1, 0.15) is 24.7 Å². The van der Waals surface area contributed by atoms with Crippen molar-refractivity contribution >= 4 is 34.6 Å². The van der Waals surface area contributed by atoms with Crippen LogP contribution < -0.4 is 15.1 Å². The molecule has 9 nitrogen and oxygen atoms in total. The number of hydrazone groups is 1. The minimum Gasteiger partial charge on any atom is -0.495 e. The van der Waals surface area contributed by atoms with Crippen molar-refractivity contribution < 1.29 is 14.3 Å². The Kier molecular flexibility index (Phi) is 6.13. The second-order valence-electron chi connectivity index (χ2n) is 9.58. The highest BCUT2D eigenvalue weighted by molar-refractivity contribution is 5.91. The third kappa shape index (κ3) is 4.35. The predicted octanol–water partition coefficient (Wildman–Crippen LogP) is 2.60. The molecule has 37 heavy (non-hydrogen) atoms. The summed E-state index contributed by atoms with van der Waals surface area (Å²) in [6, 6.07) is 22.0. The first-order valence-electron chi connectivity index (χ1n) is 12.7. The van der Waals surface area contributed by atoms with Crippen molar-refractivity contribution in [2.75, 3.05) is 44.7 Å². The van der Waals surface area contributed by atoms with Gasteiger partial charge in [0.05, 0.1) is 18.8 Å². The number of nitrogens with one attached hydrogen (secondary N) is 1. The van der Waals surface area contributed by atoms with Crippen molar-refractivity contribution in [2.24, 2.45) is 5.10 Å². The Morgan fingerprint density at radius 2 is 1.76 bits per heavy atom. The minimum absolute atomic E-state index is 0.00907. The average Bonchev–Trinajstić information content (AvgIpc) is 3.39. The van der Waals surface area contributed by atoms with Gasteiger partial charge in [0.15, 0.2) is 0 Å². The van der Waals surface area contributed by atoms with Crippen molar-refractivity contribution in [1.82, 2.24) is 20.3 Å². The first-order chi connectivity index (χ1) is 18.1. The van der Waals surface area contributed by atoms with Gasteiger partial charge in [-0.15, -0.1) is 0 Å². The molecule has 2 saturated heterocycles. The molecule has 3 aliphatic heterocycles. The number of carbonyl (C=O) groups is 2. The van der Waals surface area contributed by atoms with Gasteiger partial charge in [-0.25, -0.2) is 10.4 Å². The summed E-state index contributed by atoms with van der Waals surface area (Å²) in [5, 5.41) is 9.76. The van der Waals surface area contributed by atoms with Crippen LogP contribution in [0.2, 0.25) is 0 Å². The van der Waals surface area contributed by atoms with Crippen LogP contribution in [0.25, 0.3) is 10.8 Å². The van der Waals surface area contributed by atoms with Crippen molar-refractivity contribution in [3.63, 3.8) is 0 Å². The fourth-order valence-corrected chi connectivity index (χ4v) is 5.53. The summed E-state index contributed by atoms with van der Waals surface area (Å²) >= 11 is 0. The topological polar surface area (TPSA) is 80.7 Å². The number of carbonyl (C=O) groups excluding carboxylic acids is 2. The van der Waals surface area contributed by atoms with Crippen LogP contribution in [0.3, 0.4) is 0 Å². The van der Waals surface area contributed by atoms with Gasteiger partial charge in [-0.2, -0.15) is 5.10 Å². The average molecular weight is 499 g/mol. The van der Waals surface area contributed by atoms with E-state index < -0.39 is 6.04 Å². The molecule has 0 radical (unpaired) electrons. The van der Waals surface area contributed by atoms with Crippen LogP contribution in [0.15, 0.2) is 71.8 Å². The molecule has 1 N–H and O–H groups in total. The van der Waals surface area contributed by atoms with Crippen LogP contribution in [0, 0.1) is 0 Å². The van der Waals surface area contributed by atoms with Gasteiger partial charge in [-0.3, -0.25) is 14.6 Å². The van der Waals surface area contributed by atoms with E-state index in [1.54, 1.807) is 18.5 Å². The zero-order valence-corrected chi connectivity index (χ0v) is 20.8. The van der Waals surface area contributed by atoms with Crippen molar-refractivity contribution in [1.29, 1.82) is 0 Å². The molecular formula is C28H30N6O3. The second-order valence-corrected chi connectivity index (χ2v) is 9.58. The molecule has 2 atom stereocenters. The zero-order chi connectivity index (χ0) is 25.4. The molecular weight excluding hydrogens is 468 g/mol. The number of piperazine rings is 1. The van der Waals surface area contributed by atoms with Gasteiger partial charge in [-0.1, -0.05) is 54.6 Å². The summed E-state index contributed by atoms with van der Waals surface area (Å²) in [6.45, 7) is 2.53. The highest BCUT2D eigenvalue weighted by Gasteiger charge is 2.42. The van der Waals surface area contributed by atoms with Crippen molar-refractivity contribution in [3.8, 4) is 5.75 Å². The molecule has 3 aromatic rings. The van der Waals surface area contributed by atoms with Gasteiger partial charge in [0.2, 0.25) is 5.91 Å². The first kappa shape index (κ1) is 23.3. The predicted molar refractivity (Wildman–Crippen MR) is 142 cm³/mol. The molecule has 2 fully saturated rings. The smallest absolute Gasteiger partial charge is 0.267 e. The molecule has 0 aliphatic carbocycles. The maximum atomic E-state index is 13.3. The molecule has 0 saturated carbocycles. The maximum Gasteiger partial charge on any atom is 0.267 e. The maximum absolute atomic E-state index is 13.3. The number of hydrogen-bond donors (Lipinski definition) is 1. The number of ether oxygens (including phenoxy) is 1. The number of nitrogens with zero attached hydrogens (tertiary/aromatic N) is 5. The molecule has 190 valence electrons. The number of hydrogen-bond acceptors (Lipinski definition) is 7. The summed E-state index contributed by atoms with van der Waals surface area (Å²) < 4.78 is 5.49. The third-order valence-electron chi connectivity index (χ3n) is 7.50. The summed E-state index contributed by atoms with van der Waals surface area (Å²) in [4.78, 5) is 30.4. The minimum atomic E-state index is -0.392. The monoisotopic (exact) mass is 498 g/mol. The quantitative estimate of drug-likeness (QED) is 0.583. The third-order valence-corrected chi connectivity index (χ3v) is 7.50. The molecule has 0 bridgehead atoms. The zero-order valence-electron chi connectivity index (χ0n) is 20.8. The fourth-order valence-electron chi connectivity index (χ4n) is 5.53. The number of methoxy groups -OCH3 is 1. The van der Waals surface area contributed by atoms with Crippen LogP contribution in [-0.4, -0.2) is 78.9 Å². The van der Waals surface area contributed by atoms with E-state index in [-0.39, 0.29) is 24.4 Å². The van der Waals surface area contributed by atoms with E-state index in [2.05, 4.69) is 39.7 Å². The number of anilines is 1. The Hall–Kier alpha value is -4.11. The molecule has 0 spiro atoms. The summed E-state index contributed by atoms with van der Waals surface area (Å²) in [6.07, 6.45) is 2.24. The van der Waals surface area contributed by atoms with E-state index >= 15 is 0 Å². The lowest BCUT2D eigenvalue weighted by molar-refractivity contribution is -0.144. The number of benzene rings is 3. The standard InChI is InChI=1S/C28H30N6O3/c1-37-26-12-5-4-11-24(26)31-13-15-32(16-14-31)27(35)18-33-28(36)25-17-23(30-34(25)19-29-33)22-10-6-8-20-7-2-3-9-21(20)22/h2-12,19,23,25,30H,13-18H2,1H3. The van der Waals surface area contributed by atoms with Crippen LogP contribution in [-0.2, 0) is 9.59 Å². The molecule has 2 unspecified atom stereocenters. The molecule has 9 heteroatoms. The number of rotatable bonds is 5. The van der Waals surface area contributed by atoms with Gasteiger partial charge >= 0.3 is 0 Å². The van der Waals surface area contributed by atoms with E-state index in [9.17, 15) is 9.59 Å². The molecule has 3 aliphatic rings. The van der Waals surface area contributed by atoms with E-state index in [0.717, 1.165) is 17.0 Å². The number of fused-ring (bicyclic) bond motifs is 2. The number of para-hydroxylation sites is 2. The normalized spacial score (nSPS) is 21.5. The molecule has 3 heterocycles. The Labute approximate surface area is 215 Å². The van der Waals surface area contributed by atoms with Crippen molar-refractivity contribution in [3.05, 3.63) is 72.3 Å². The van der Waals surface area contributed by atoms with Crippen LogP contribution in [0.4, 0.5) is 5.69 Å². The molecule has 6 rings (SSSR count). The van der Waals surface area contributed by atoms with Crippen LogP contribution in [0.5, 0.6) is 5.75 Å². The summed E-state index contributed by atoms with van der Waals surface area (Å²) in [5.74, 6) is 0.584. The Balaban J connectivity index is 1.08. The number of hydrazine groups is 1. The summed E-state index contributed by atoms with van der Waals surface area (Å²) in [5.41, 5.74) is 5.61. The van der Waals surface area contributed by atoms with Crippen LogP contribution in [0.1, 0.15) is 18.0 Å². The van der Waals surface area contributed by atoms with Crippen LogP contribution >= 0.6 is 0 Å². The van der Waals surface area contributed by atoms with Crippen molar-refractivity contribution in [2.45, 2.75) is 18.5 Å².